The lowest BCUT2D eigenvalue weighted by atomic mass is 10.2. The van der Waals surface area contributed by atoms with E-state index < -0.39 is 0 Å². The van der Waals surface area contributed by atoms with Gasteiger partial charge in [-0.05, 0) is 25.5 Å². The Hall–Kier alpha value is -1.39. The zero-order chi connectivity index (χ0) is 14.1. The van der Waals surface area contributed by atoms with E-state index >= 15 is 0 Å². The van der Waals surface area contributed by atoms with Gasteiger partial charge in [0.05, 0.1) is 21.9 Å². The number of alkyl halides is 1. The van der Waals surface area contributed by atoms with Crippen LogP contribution in [0.4, 0.5) is 0 Å². The quantitative estimate of drug-likeness (QED) is 0.680. The fourth-order valence-corrected chi connectivity index (χ4v) is 3.38. The molecular formula is C15H16ClN3S. The van der Waals surface area contributed by atoms with Crippen molar-refractivity contribution in [3.8, 4) is 0 Å². The van der Waals surface area contributed by atoms with Gasteiger partial charge in [0.1, 0.15) is 5.82 Å². The number of thiazole rings is 1. The van der Waals surface area contributed by atoms with Crippen molar-refractivity contribution in [3.63, 3.8) is 0 Å². The van der Waals surface area contributed by atoms with E-state index in [1.54, 1.807) is 11.3 Å². The first-order chi connectivity index (χ1) is 9.69. The molecule has 104 valence electrons. The lowest BCUT2D eigenvalue weighted by Gasteiger charge is -2.06. The van der Waals surface area contributed by atoms with E-state index in [1.165, 1.54) is 5.56 Å². The van der Waals surface area contributed by atoms with Crippen molar-refractivity contribution in [1.29, 1.82) is 0 Å². The van der Waals surface area contributed by atoms with Gasteiger partial charge in [0.15, 0.2) is 0 Å². The number of benzene rings is 1. The number of fused-ring (bicyclic) bond motifs is 1. The van der Waals surface area contributed by atoms with Gasteiger partial charge in [-0.15, -0.1) is 22.9 Å². The van der Waals surface area contributed by atoms with Gasteiger partial charge in [0, 0.05) is 24.0 Å². The Balaban J connectivity index is 1.95. The summed E-state index contributed by atoms with van der Waals surface area (Å²) in [4.78, 5) is 9.18. The van der Waals surface area contributed by atoms with E-state index in [1.807, 2.05) is 6.92 Å². The fraction of sp³-hybridized carbons (Fsp3) is 0.333. The summed E-state index contributed by atoms with van der Waals surface area (Å²) in [6.45, 7) is 4.98. The minimum atomic E-state index is 0.436. The smallest absolute Gasteiger partial charge is 0.124 e. The Kier molecular flexibility index (Phi) is 3.76. The van der Waals surface area contributed by atoms with Crippen molar-refractivity contribution in [2.24, 2.45) is 0 Å². The van der Waals surface area contributed by atoms with Gasteiger partial charge in [-0.3, -0.25) is 0 Å². The van der Waals surface area contributed by atoms with Crippen LogP contribution in [-0.2, 0) is 18.8 Å². The van der Waals surface area contributed by atoms with Crippen LogP contribution >= 0.6 is 22.9 Å². The van der Waals surface area contributed by atoms with Gasteiger partial charge in [-0.25, -0.2) is 9.97 Å². The molecule has 0 N–H and O–H groups in total. The summed E-state index contributed by atoms with van der Waals surface area (Å²) in [7, 11) is 0. The number of imidazole rings is 1. The van der Waals surface area contributed by atoms with Gasteiger partial charge in [0.25, 0.3) is 0 Å². The predicted molar refractivity (Wildman–Crippen MR) is 84.6 cm³/mol. The number of aromatic nitrogens is 3. The Morgan fingerprint density at radius 1 is 1.25 bits per heavy atom. The van der Waals surface area contributed by atoms with Crippen molar-refractivity contribution in [1.82, 2.24) is 14.5 Å². The highest BCUT2D eigenvalue weighted by molar-refractivity contribution is 7.09. The van der Waals surface area contributed by atoms with Crippen LogP contribution in [0.15, 0.2) is 23.6 Å². The summed E-state index contributed by atoms with van der Waals surface area (Å²) in [5.74, 6) is 1.37. The van der Waals surface area contributed by atoms with Crippen LogP contribution < -0.4 is 0 Å². The molecule has 3 aromatic rings. The first-order valence-corrected chi connectivity index (χ1v) is 8.02. The van der Waals surface area contributed by atoms with Crippen molar-refractivity contribution in [2.75, 3.05) is 0 Å². The molecule has 0 saturated carbocycles. The standard InChI is InChI=1S/C15H16ClN3S/c1-10-4-3-5-12-15(10)18-13(8-16)19(12)7-6-14-17-11(2)9-20-14/h3-5,9H,6-8H2,1-2H3. The van der Waals surface area contributed by atoms with Crippen LogP contribution in [0.1, 0.15) is 22.1 Å². The van der Waals surface area contributed by atoms with E-state index in [0.717, 1.165) is 40.5 Å². The topological polar surface area (TPSA) is 30.7 Å². The molecule has 3 nitrogen and oxygen atoms in total. The number of nitrogens with zero attached hydrogens (tertiary/aromatic N) is 3. The maximum atomic E-state index is 6.05. The van der Waals surface area contributed by atoms with E-state index in [9.17, 15) is 0 Å². The Bertz CT molecular complexity index is 745. The van der Waals surface area contributed by atoms with Gasteiger partial charge in [0.2, 0.25) is 0 Å². The summed E-state index contributed by atoms with van der Waals surface area (Å²) >= 11 is 7.76. The molecular weight excluding hydrogens is 290 g/mol. The third kappa shape index (κ3) is 2.45. The lowest BCUT2D eigenvalue weighted by Crippen LogP contribution is -2.05. The molecule has 0 atom stereocenters. The minimum Gasteiger partial charge on any atom is -0.327 e. The maximum Gasteiger partial charge on any atom is 0.124 e. The summed E-state index contributed by atoms with van der Waals surface area (Å²) in [5, 5.41) is 3.26. The molecule has 0 aliphatic heterocycles. The van der Waals surface area contributed by atoms with Crippen LogP contribution in [0.5, 0.6) is 0 Å². The molecule has 0 fully saturated rings. The first kappa shape index (κ1) is 13.6. The molecule has 0 aliphatic carbocycles. The first-order valence-electron chi connectivity index (χ1n) is 6.60. The molecule has 3 rings (SSSR count). The zero-order valence-electron chi connectivity index (χ0n) is 11.6. The average Bonchev–Trinajstić information content (AvgIpc) is 3.01. The Labute approximate surface area is 127 Å². The highest BCUT2D eigenvalue weighted by atomic mass is 35.5. The van der Waals surface area contributed by atoms with Crippen molar-refractivity contribution in [3.05, 3.63) is 45.7 Å². The predicted octanol–water partition coefficient (Wildman–Crippen LogP) is 4.09. The van der Waals surface area contributed by atoms with E-state index in [4.69, 9.17) is 11.6 Å². The second-order valence-electron chi connectivity index (χ2n) is 4.89. The molecule has 1 aromatic carbocycles. The minimum absolute atomic E-state index is 0.436. The van der Waals surface area contributed by atoms with Crippen LogP contribution in [0.2, 0.25) is 0 Å². The van der Waals surface area contributed by atoms with E-state index in [0.29, 0.717) is 5.88 Å². The molecule has 0 amide bonds. The van der Waals surface area contributed by atoms with Gasteiger partial charge >= 0.3 is 0 Å². The van der Waals surface area contributed by atoms with E-state index in [2.05, 4.69) is 45.0 Å². The number of halogens is 1. The summed E-state index contributed by atoms with van der Waals surface area (Å²) in [6.07, 6.45) is 0.918. The normalized spacial score (nSPS) is 11.3. The number of rotatable bonds is 4. The third-order valence-electron chi connectivity index (χ3n) is 3.40. The number of para-hydroxylation sites is 1. The van der Waals surface area contributed by atoms with Crippen molar-refractivity contribution in [2.45, 2.75) is 32.7 Å². The maximum absolute atomic E-state index is 6.05. The summed E-state index contributed by atoms with van der Waals surface area (Å²) < 4.78 is 2.21. The van der Waals surface area contributed by atoms with Gasteiger partial charge in [-0.1, -0.05) is 12.1 Å². The number of hydrogen-bond donors (Lipinski definition) is 0. The molecule has 20 heavy (non-hydrogen) atoms. The molecule has 2 aromatic heterocycles. The van der Waals surface area contributed by atoms with Crippen LogP contribution in [0.25, 0.3) is 11.0 Å². The molecule has 0 unspecified atom stereocenters. The van der Waals surface area contributed by atoms with Crippen molar-refractivity contribution >= 4 is 34.0 Å². The highest BCUT2D eigenvalue weighted by Gasteiger charge is 2.11. The Morgan fingerprint density at radius 3 is 2.80 bits per heavy atom. The fourth-order valence-electron chi connectivity index (χ4n) is 2.41. The SMILES string of the molecule is Cc1csc(CCn2c(CCl)nc3c(C)cccc32)n1. The largest absolute Gasteiger partial charge is 0.327 e. The Morgan fingerprint density at radius 2 is 2.10 bits per heavy atom. The molecule has 0 aliphatic rings. The third-order valence-corrected chi connectivity index (χ3v) is 4.66. The molecule has 0 radical (unpaired) electrons. The monoisotopic (exact) mass is 305 g/mol. The van der Waals surface area contributed by atoms with Crippen LogP contribution in [0.3, 0.4) is 0 Å². The molecule has 2 heterocycles. The summed E-state index contributed by atoms with van der Waals surface area (Å²) in [5.41, 5.74) is 4.50. The van der Waals surface area contributed by atoms with Crippen LogP contribution in [0, 0.1) is 13.8 Å². The summed E-state index contributed by atoms with van der Waals surface area (Å²) in [6, 6.07) is 6.27. The van der Waals surface area contributed by atoms with E-state index in [-0.39, 0.29) is 0 Å². The molecule has 0 bridgehead atoms. The van der Waals surface area contributed by atoms with Crippen molar-refractivity contribution < 1.29 is 0 Å². The van der Waals surface area contributed by atoms with Crippen LogP contribution in [-0.4, -0.2) is 14.5 Å². The highest BCUT2D eigenvalue weighted by Crippen LogP contribution is 2.21. The molecule has 0 saturated heterocycles. The lowest BCUT2D eigenvalue weighted by molar-refractivity contribution is 0.685. The molecule has 0 spiro atoms. The second-order valence-corrected chi connectivity index (χ2v) is 6.10. The second kappa shape index (κ2) is 5.54. The molecule has 5 heteroatoms. The number of aryl methyl sites for hydroxylation is 4. The van der Waals surface area contributed by atoms with Gasteiger partial charge in [-0.2, -0.15) is 0 Å². The zero-order valence-corrected chi connectivity index (χ0v) is 13.1. The number of hydrogen-bond acceptors (Lipinski definition) is 3. The van der Waals surface area contributed by atoms with Gasteiger partial charge < -0.3 is 4.57 Å². The average molecular weight is 306 g/mol.